The van der Waals surface area contributed by atoms with E-state index in [4.69, 9.17) is 33.4 Å². The van der Waals surface area contributed by atoms with Gasteiger partial charge in [0.25, 0.3) is 0 Å². The molecule has 0 spiro atoms. The number of amides is 3. The quantitative estimate of drug-likeness (QED) is 0.137. The topological polar surface area (TPSA) is 206 Å². The van der Waals surface area contributed by atoms with Crippen LogP contribution in [0.3, 0.4) is 0 Å². The first-order valence-electron chi connectivity index (χ1n) is 11.2. The normalized spacial score (nSPS) is 12.8. The molecule has 0 heterocycles. The average molecular weight is 446 g/mol. The molecular formula is C20H43N7O4. The summed E-state index contributed by atoms with van der Waals surface area (Å²) in [5.41, 5.74) is 27.6. The van der Waals surface area contributed by atoms with Crippen LogP contribution in [0, 0.1) is 0 Å². The number of hydrogen-bond donors (Lipinski definition) is 6. The molecule has 0 aliphatic carbocycles. The van der Waals surface area contributed by atoms with Crippen LogP contribution in [-0.2, 0) is 14.3 Å². The van der Waals surface area contributed by atoms with Gasteiger partial charge in [0.05, 0.1) is 18.6 Å². The van der Waals surface area contributed by atoms with Gasteiger partial charge < -0.3 is 43.6 Å². The summed E-state index contributed by atoms with van der Waals surface area (Å²) in [5, 5.41) is 2.83. The number of nitrogens with two attached hydrogens (primary N) is 5. The van der Waals surface area contributed by atoms with E-state index in [0.717, 1.165) is 44.9 Å². The maximum Gasteiger partial charge on any atom is 0.404 e. The van der Waals surface area contributed by atoms with E-state index in [2.05, 4.69) is 5.32 Å². The zero-order valence-corrected chi connectivity index (χ0v) is 18.7. The van der Waals surface area contributed by atoms with Gasteiger partial charge in [-0.1, -0.05) is 19.3 Å². The maximum atomic E-state index is 12.8. The molecule has 0 saturated heterocycles. The Morgan fingerprint density at radius 2 is 1.42 bits per heavy atom. The predicted octanol–water partition coefficient (Wildman–Crippen LogP) is -0.891. The Hall–Kier alpha value is -1.95. The third-order valence-electron chi connectivity index (χ3n) is 4.86. The van der Waals surface area contributed by atoms with Gasteiger partial charge in [0, 0.05) is 6.54 Å². The van der Waals surface area contributed by atoms with Crippen molar-refractivity contribution < 1.29 is 19.1 Å². The monoisotopic (exact) mass is 445 g/mol. The molecule has 0 bridgehead atoms. The van der Waals surface area contributed by atoms with E-state index in [1.807, 2.05) is 0 Å². The first-order valence-corrected chi connectivity index (χ1v) is 11.2. The lowest BCUT2D eigenvalue weighted by molar-refractivity contribution is -0.137. The van der Waals surface area contributed by atoms with E-state index in [-0.39, 0.29) is 25.0 Å². The highest BCUT2D eigenvalue weighted by atomic mass is 16.5. The van der Waals surface area contributed by atoms with E-state index >= 15 is 0 Å². The highest BCUT2D eigenvalue weighted by molar-refractivity contribution is 5.87. The Bertz CT molecular complexity index is 508. The summed E-state index contributed by atoms with van der Waals surface area (Å²) in [6, 6.07) is -1.08. The van der Waals surface area contributed by atoms with Gasteiger partial charge in [-0.15, -0.1) is 0 Å². The molecule has 182 valence electrons. The molecule has 2 atom stereocenters. The molecule has 0 aromatic heterocycles. The van der Waals surface area contributed by atoms with Gasteiger partial charge in [0.2, 0.25) is 11.8 Å². The number of primary amides is 1. The van der Waals surface area contributed by atoms with Crippen molar-refractivity contribution in [2.45, 2.75) is 69.9 Å². The molecule has 0 aliphatic heterocycles. The van der Waals surface area contributed by atoms with Crippen LogP contribution in [0.15, 0.2) is 0 Å². The van der Waals surface area contributed by atoms with Crippen LogP contribution < -0.4 is 34.0 Å². The summed E-state index contributed by atoms with van der Waals surface area (Å²) in [7, 11) is 0. The molecule has 0 fully saturated rings. The van der Waals surface area contributed by atoms with Gasteiger partial charge in [-0.3, -0.25) is 9.59 Å². The minimum Gasteiger partial charge on any atom is -0.448 e. The third kappa shape index (κ3) is 15.5. The summed E-state index contributed by atoms with van der Waals surface area (Å²) < 4.78 is 4.84. The lowest BCUT2D eigenvalue weighted by Gasteiger charge is -2.27. The second kappa shape index (κ2) is 18.8. The van der Waals surface area contributed by atoms with Crippen LogP contribution in [0.25, 0.3) is 0 Å². The minimum atomic E-state index is -0.904. The third-order valence-corrected chi connectivity index (χ3v) is 4.86. The lowest BCUT2D eigenvalue weighted by atomic mass is 10.1. The predicted molar refractivity (Wildman–Crippen MR) is 121 cm³/mol. The fourth-order valence-electron chi connectivity index (χ4n) is 3.12. The Morgan fingerprint density at radius 3 is 2.00 bits per heavy atom. The summed E-state index contributed by atoms with van der Waals surface area (Å²) in [5.74, 6) is -0.597. The number of ether oxygens (including phenoxy) is 1. The summed E-state index contributed by atoms with van der Waals surface area (Å²) in [6.07, 6.45) is 5.73. The molecule has 11 heteroatoms. The second-order valence-electron chi connectivity index (χ2n) is 7.68. The van der Waals surface area contributed by atoms with Crippen molar-refractivity contribution in [2.24, 2.45) is 28.7 Å². The fraction of sp³-hybridized carbons (Fsp3) is 0.850. The number of carbonyl (C=O) groups is 3. The molecule has 0 aromatic carbocycles. The van der Waals surface area contributed by atoms with Crippen molar-refractivity contribution in [3.63, 3.8) is 0 Å². The van der Waals surface area contributed by atoms with E-state index in [1.54, 1.807) is 0 Å². The van der Waals surface area contributed by atoms with Crippen molar-refractivity contribution in [2.75, 3.05) is 39.3 Å². The molecule has 0 aliphatic rings. The number of unbranched alkanes of at least 4 members (excludes halogenated alkanes) is 4. The van der Waals surface area contributed by atoms with Crippen LogP contribution in [0.5, 0.6) is 0 Å². The number of nitrogens with zero attached hydrogens (tertiary/aromatic N) is 1. The Labute approximate surface area is 185 Å². The number of nitrogens with one attached hydrogen (secondary N) is 1. The largest absolute Gasteiger partial charge is 0.448 e. The van der Waals surface area contributed by atoms with Crippen molar-refractivity contribution in [3.8, 4) is 0 Å². The SMILES string of the molecule is NCCCCCN(CC(=O)N[C@@H](CCCCN)COC(N)=O)C(=O)[C@H](N)CCCCN. The molecule has 0 aromatic rings. The Kier molecular flexibility index (Phi) is 17.6. The second-order valence-corrected chi connectivity index (χ2v) is 7.68. The molecule has 0 radical (unpaired) electrons. The Balaban J connectivity index is 4.92. The van der Waals surface area contributed by atoms with E-state index < -0.39 is 18.2 Å². The number of hydrogen-bond acceptors (Lipinski definition) is 8. The highest BCUT2D eigenvalue weighted by Gasteiger charge is 2.24. The van der Waals surface area contributed by atoms with Crippen molar-refractivity contribution in [3.05, 3.63) is 0 Å². The van der Waals surface area contributed by atoms with E-state index in [0.29, 0.717) is 39.0 Å². The highest BCUT2D eigenvalue weighted by Crippen LogP contribution is 2.07. The molecular weight excluding hydrogens is 402 g/mol. The summed E-state index contributed by atoms with van der Waals surface area (Å²) in [4.78, 5) is 37.9. The van der Waals surface area contributed by atoms with Crippen LogP contribution in [-0.4, -0.2) is 74.2 Å². The van der Waals surface area contributed by atoms with Crippen molar-refractivity contribution in [1.82, 2.24) is 10.2 Å². The first-order chi connectivity index (χ1) is 14.8. The van der Waals surface area contributed by atoms with Crippen molar-refractivity contribution in [1.29, 1.82) is 0 Å². The van der Waals surface area contributed by atoms with Gasteiger partial charge in [-0.2, -0.15) is 0 Å². The van der Waals surface area contributed by atoms with Crippen LogP contribution >= 0.6 is 0 Å². The molecule has 3 amide bonds. The van der Waals surface area contributed by atoms with Gasteiger partial charge in [0.15, 0.2) is 0 Å². The lowest BCUT2D eigenvalue weighted by Crippen LogP contribution is -2.50. The average Bonchev–Trinajstić information content (AvgIpc) is 2.73. The minimum absolute atomic E-state index is 0.0330. The van der Waals surface area contributed by atoms with Gasteiger partial charge in [-0.05, 0) is 58.2 Å². The maximum absolute atomic E-state index is 12.8. The van der Waals surface area contributed by atoms with Gasteiger partial charge >= 0.3 is 6.09 Å². The zero-order chi connectivity index (χ0) is 23.5. The molecule has 0 rings (SSSR count). The summed E-state index contributed by atoms with van der Waals surface area (Å²) >= 11 is 0. The number of rotatable bonds is 19. The first kappa shape index (κ1) is 29.1. The van der Waals surface area contributed by atoms with Crippen LogP contribution in [0.1, 0.15) is 57.8 Å². The van der Waals surface area contributed by atoms with Gasteiger partial charge in [0.1, 0.15) is 6.61 Å². The molecule has 11 nitrogen and oxygen atoms in total. The van der Waals surface area contributed by atoms with Crippen molar-refractivity contribution >= 4 is 17.9 Å². The molecule has 31 heavy (non-hydrogen) atoms. The van der Waals surface area contributed by atoms with Gasteiger partial charge in [-0.25, -0.2) is 4.79 Å². The smallest absolute Gasteiger partial charge is 0.404 e. The molecule has 0 saturated carbocycles. The molecule has 0 unspecified atom stereocenters. The zero-order valence-electron chi connectivity index (χ0n) is 18.7. The Morgan fingerprint density at radius 1 is 0.839 bits per heavy atom. The van der Waals surface area contributed by atoms with E-state index in [1.165, 1.54) is 4.90 Å². The van der Waals surface area contributed by atoms with E-state index in [9.17, 15) is 14.4 Å². The fourth-order valence-corrected chi connectivity index (χ4v) is 3.12. The molecule has 11 N–H and O–H groups in total. The van der Waals surface area contributed by atoms with Crippen LogP contribution in [0.4, 0.5) is 4.79 Å². The standard InChI is InChI=1S/C20H43N7O4/c21-10-4-1-7-13-27(19(29)17(24)9-3-6-12-23)14-18(28)26-16(8-2-5-11-22)15-31-20(25)30/h16-17H,1-15,21-24H2,(H2,25,30)(H,26,28)/t16-,17+/m0/s1. The summed E-state index contributed by atoms with van der Waals surface area (Å²) in [6.45, 7) is 1.93. The number of carbonyl (C=O) groups excluding carboxylic acids is 3. The van der Waals surface area contributed by atoms with Crippen LogP contribution in [0.2, 0.25) is 0 Å².